The second kappa shape index (κ2) is 17.3. The molecule has 1 aliphatic rings. The van der Waals surface area contributed by atoms with E-state index in [9.17, 15) is 19.9 Å². The number of aliphatic hydroxyl groups excluding tert-OH is 1. The average Bonchev–Trinajstić information content (AvgIpc) is 3.43. The summed E-state index contributed by atoms with van der Waals surface area (Å²) >= 11 is 1.10. The molecule has 12 heteroatoms. The first-order chi connectivity index (χ1) is 22.7. The number of benzene rings is 2. The van der Waals surface area contributed by atoms with Gasteiger partial charge in [-0.3, -0.25) is 19.7 Å². The predicted octanol–water partition coefficient (Wildman–Crippen LogP) is 6.44. The highest BCUT2D eigenvalue weighted by molar-refractivity contribution is 8.00. The SMILES string of the molecule is CCCCC(=N/C(C)=C(\C)CC(=O)N1CCOCC1)N(C=O)Cc1ccc(-c2ccccc2SN(O)c2noc(C)c2C)c(CO)c1. The zero-order chi connectivity index (χ0) is 33.9. The Balaban J connectivity index is 1.56. The van der Waals surface area contributed by atoms with Crippen LogP contribution in [0.15, 0.2) is 68.1 Å². The molecule has 252 valence electrons. The van der Waals surface area contributed by atoms with Crippen molar-refractivity contribution < 1.29 is 29.2 Å². The summed E-state index contributed by atoms with van der Waals surface area (Å²) in [6.07, 6.45) is 3.45. The van der Waals surface area contributed by atoms with Gasteiger partial charge in [0.2, 0.25) is 18.1 Å². The maximum Gasteiger partial charge on any atom is 0.226 e. The number of unbranched alkanes of at least 4 members (excludes halogenated alkanes) is 1. The number of aryl methyl sites for hydroxylation is 1. The number of aliphatic hydroxyl groups is 1. The van der Waals surface area contributed by atoms with Crippen molar-refractivity contribution in [3.05, 3.63) is 76.2 Å². The normalized spacial score (nSPS) is 14.2. The molecular formula is C35H45N5O6S. The summed E-state index contributed by atoms with van der Waals surface area (Å²) in [4.78, 5) is 34.3. The van der Waals surface area contributed by atoms with Crippen LogP contribution in [0.2, 0.25) is 0 Å². The number of allylic oxidation sites excluding steroid dienone is 1. The van der Waals surface area contributed by atoms with Gasteiger partial charge in [-0.25, -0.2) is 4.99 Å². The highest BCUT2D eigenvalue weighted by atomic mass is 32.2. The predicted molar refractivity (Wildman–Crippen MR) is 183 cm³/mol. The van der Waals surface area contributed by atoms with Gasteiger partial charge in [0.05, 0.1) is 26.4 Å². The molecule has 1 aromatic heterocycles. The van der Waals surface area contributed by atoms with Gasteiger partial charge in [0.15, 0.2) is 0 Å². The van der Waals surface area contributed by atoms with Gasteiger partial charge in [0.25, 0.3) is 0 Å². The number of hydrogen-bond donors (Lipinski definition) is 2. The number of nitrogens with zero attached hydrogens (tertiary/aromatic N) is 5. The van der Waals surface area contributed by atoms with Crippen molar-refractivity contribution in [3.63, 3.8) is 0 Å². The molecule has 3 aromatic rings. The lowest BCUT2D eigenvalue weighted by molar-refractivity contribution is -0.134. The van der Waals surface area contributed by atoms with E-state index in [0.29, 0.717) is 55.7 Å². The van der Waals surface area contributed by atoms with Crippen molar-refractivity contribution >= 4 is 35.9 Å². The maximum absolute atomic E-state index is 12.8. The Morgan fingerprint density at radius 1 is 1.13 bits per heavy atom. The van der Waals surface area contributed by atoms with Crippen LogP contribution in [0.5, 0.6) is 0 Å². The number of morpholine rings is 1. The molecule has 0 unspecified atom stereocenters. The number of aromatic nitrogens is 1. The zero-order valence-electron chi connectivity index (χ0n) is 27.9. The largest absolute Gasteiger partial charge is 0.392 e. The Labute approximate surface area is 281 Å². The second-order valence-electron chi connectivity index (χ2n) is 11.6. The molecule has 0 bridgehead atoms. The summed E-state index contributed by atoms with van der Waals surface area (Å²) in [6.45, 7) is 11.8. The van der Waals surface area contributed by atoms with E-state index in [1.54, 1.807) is 11.8 Å². The van der Waals surface area contributed by atoms with Crippen LogP contribution in [0.3, 0.4) is 0 Å². The lowest BCUT2D eigenvalue weighted by Crippen LogP contribution is -2.40. The number of aliphatic imine (C=N–C) groups is 1. The van der Waals surface area contributed by atoms with Crippen molar-refractivity contribution in [2.75, 3.05) is 30.8 Å². The van der Waals surface area contributed by atoms with Crippen molar-refractivity contribution in [1.29, 1.82) is 0 Å². The second-order valence-corrected chi connectivity index (χ2v) is 12.6. The summed E-state index contributed by atoms with van der Waals surface area (Å²) in [7, 11) is 0. The van der Waals surface area contributed by atoms with Crippen LogP contribution in [0, 0.1) is 13.8 Å². The van der Waals surface area contributed by atoms with Gasteiger partial charge in [-0.2, -0.15) is 4.47 Å². The van der Waals surface area contributed by atoms with E-state index in [4.69, 9.17) is 14.3 Å². The van der Waals surface area contributed by atoms with Crippen molar-refractivity contribution in [1.82, 2.24) is 15.0 Å². The Morgan fingerprint density at radius 2 is 1.87 bits per heavy atom. The topological polar surface area (TPSA) is 132 Å². The molecule has 2 aromatic carbocycles. The van der Waals surface area contributed by atoms with Gasteiger partial charge in [0, 0.05) is 54.0 Å². The van der Waals surface area contributed by atoms with E-state index in [-0.39, 0.29) is 25.5 Å². The summed E-state index contributed by atoms with van der Waals surface area (Å²) in [5.41, 5.74) is 5.46. The molecule has 1 fully saturated rings. The first-order valence-corrected chi connectivity index (χ1v) is 16.7. The molecule has 0 spiro atoms. The third-order valence-electron chi connectivity index (χ3n) is 8.28. The third-order valence-corrected chi connectivity index (χ3v) is 9.17. The maximum atomic E-state index is 12.8. The number of rotatable bonds is 14. The fourth-order valence-corrected chi connectivity index (χ4v) is 6.04. The third kappa shape index (κ3) is 9.32. The number of hydrogen-bond acceptors (Lipinski definition) is 10. The molecule has 0 saturated carbocycles. The molecule has 2 amide bonds. The van der Waals surface area contributed by atoms with Crippen LogP contribution in [0.25, 0.3) is 11.1 Å². The van der Waals surface area contributed by atoms with Crippen LogP contribution in [0.4, 0.5) is 5.82 Å². The number of carbonyl (C=O) groups is 2. The molecule has 0 atom stereocenters. The Morgan fingerprint density at radius 3 is 2.53 bits per heavy atom. The first-order valence-electron chi connectivity index (χ1n) is 15.9. The van der Waals surface area contributed by atoms with Crippen LogP contribution >= 0.6 is 11.9 Å². The van der Waals surface area contributed by atoms with Gasteiger partial charge in [0.1, 0.15) is 11.6 Å². The van der Waals surface area contributed by atoms with Gasteiger partial charge in [-0.15, -0.1) is 0 Å². The molecule has 2 heterocycles. The van der Waals surface area contributed by atoms with Gasteiger partial charge in [-0.1, -0.05) is 54.9 Å². The fraction of sp³-hybridized carbons (Fsp3) is 0.429. The quantitative estimate of drug-likeness (QED) is 0.0657. The Kier molecular flexibility index (Phi) is 13.2. The van der Waals surface area contributed by atoms with Crippen LogP contribution < -0.4 is 4.47 Å². The highest BCUT2D eigenvalue weighted by Gasteiger charge is 2.21. The van der Waals surface area contributed by atoms with Gasteiger partial charge in [-0.05, 0) is 68.0 Å². The average molecular weight is 664 g/mol. The first kappa shape index (κ1) is 35.9. The molecule has 4 rings (SSSR count). The standard InChI is InChI=1S/C35H45N5O6S/c1-6-7-12-33(36-26(4)24(2)19-34(43)38-15-17-45-18-16-38)39(23-42)21-28-13-14-30(29(20-28)22-41)31-10-8-9-11-32(31)47-40(44)35-25(3)27(5)46-37-35/h8-11,13-14,20,23,41,44H,6-7,12,15-19,21-22H2,1-5H3/b26-24+,36-33?. The Bertz CT molecular complexity index is 1600. The molecule has 11 nitrogen and oxygen atoms in total. The van der Waals surface area contributed by atoms with Crippen molar-refractivity contribution in [3.8, 4) is 11.1 Å². The summed E-state index contributed by atoms with van der Waals surface area (Å²) < 4.78 is 11.6. The smallest absolute Gasteiger partial charge is 0.226 e. The summed E-state index contributed by atoms with van der Waals surface area (Å²) in [6, 6.07) is 13.3. The van der Waals surface area contributed by atoms with Crippen molar-refractivity contribution in [2.45, 2.75) is 78.3 Å². The van der Waals surface area contributed by atoms with E-state index in [1.165, 1.54) is 0 Å². The summed E-state index contributed by atoms with van der Waals surface area (Å²) in [5, 5.41) is 25.2. The highest BCUT2D eigenvalue weighted by Crippen LogP contribution is 2.37. The Hall–Kier alpha value is -3.97. The van der Waals surface area contributed by atoms with Crippen LogP contribution in [-0.4, -0.2) is 69.7 Å². The van der Waals surface area contributed by atoms with Gasteiger partial charge < -0.3 is 19.3 Å². The fourth-order valence-electron chi connectivity index (χ4n) is 5.18. The van der Waals surface area contributed by atoms with Crippen molar-refractivity contribution in [2.24, 2.45) is 4.99 Å². The zero-order valence-corrected chi connectivity index (χ0v) is 28.7. The number of ether oxygens (including phenoxy) is 1. The number of carbonyl (C=O) groups excluding carboxylic acids is 2. The van der Waals surface area contributed by atoms with Crippen LogP contribution in [-0.2, 0) is 27.5 Å². The van der Waals surface area contributed by atoms with E-state index in [2.05, 4.69) is 12.1 Å². The minimum Gasteiger partial charge on any atom is -0.392 e. The van der Waals surface area contributed by atoms with E-state index < -0.39 is 0 Å². The molecular weight excluding hydrogens is 618 g/mol. The summed E-state index contributed by atoms with van der Waals surface area (Å²) in [5.74, 6) is 1.63. The number of anilines is 1. The minimum absolute atomic E-state index is 0.0503. The molecule has 47 heavy (non-hydrogen) atoms. The van der Waals surface area contributed by atoms with E-state index in [0.717, 1.165) is 74.1 Å². The lowest BCUT2D eigenvalue weighted by atomic mass is 9.97. The minimum atomic E-state index is -0.220. The van der Waals surface area contributed by atoms with E-state index in [1.807, 2.05) is 68.1 Å². The molecule has 0 aliphatic carbocycles. The number of amides is 2. The molecule has 0 radical (unpaired) electrons. The van der Waals surface area contributed by atoms with E-state index >= 15 is 0 Å². The molecule has 1 saturated heterocycles. The molecule has 1 aliphatic heterocycles. The number of amidine groups is 1. The van der Waals surface area contributed by atoms with Gasteiger partial charge >= 0.3 is 0 Å². The molecule has 2 N–H and O–H groups in total. The monoisotopic (exact) mass is 663 g/mol. The van der Waals surface area contributed by atoms with Crippen LogP contribution in [0.1, 0.15) is 68.9 Å². The lowest BCUT2D eigenvalue weighted by Gasteiger charge is -2.27.